The van der Waals surface area contributed by atoms with Crippen LogP contribution in [0.2, 0.25) is 0 Å². The quantitative estimate of drug-likeness (QED) is 0.851. The van der Waals surface area contributed by atoms with E-state index in [2.05, 4.69) is 4.72 Å². The van der Waals surface area contributed by atoms with E-state index >= 15 is 0 Å². The number of hydrogen-bond acceptors (Lipinski definition) is 4. The van der Waals surface area contributed by atoms with Crippen molar-refractivity contribution in [2.45, 2.75) is 68.7 Å². The smallest absolute Gasteiger partial charge is 0.240 e. The van der Waals surface area contributed by atoms with Crippen molar-refractivity contribution in [3.8, 4) is 5.75 Å². The fourth-order valence-corrected chi connectivity index (χ4v) is 5.14. The second-order valence-corrected chi connectivity index (χ2v) is 8.86. The second-order valence-electron chi connectivity index (χ2n) is 7.15. The van der Waals surface area contributed by atoms with Crippen LogP contribution in [0.1, 0.15) is 57.8 Å². The number of benzene rings is 1. The standard InChI is InChI=1S/C19H28N2O4S/c1-25-18-12-11-16(14-17(18)21-13-7-10-19(21)22)26(23,24)20-15-8-5-3-2-4-6-9-15/h11-12,14-15,20H,2-10,13H2,1H3. The number of nitrogens with zero attached hydrogens (tertiary/aromatic N) is 1. The maximum absolute atomic E-state index is 12.9. The first-order chi connectivity index (χ1) is 12.5. The summed E-state index contributed by atoms with van der Waals surface area (Å²) in [6.07, 6.45) is 8.72. The maximum atomic E-state index is 12.9. The average molecular weight is 381 g/mol. The zero-order valence-electron chi connectivity index (χ0n) is 15.4. The van der Waals surface area contributed by atoms with Crippen LogP contribution < -0.4 is 14.4 Å². The van der Waals surface area contributed by atoms with E-state index in [4.69, 9.17) is 4.74 Å². The summed E-state index contributed by atoms with van der Waals surface area (Å²) in [5.74, 6) is 0.524. The molecule has 1 aromatic carbocycles. The Balaban J connectivity index is 1.83. The van der Waals surface area contributed by atoms with Gasteiger partial charge in [0.2, 0.25) is 15.9 Å². The molecule has 1 amide bonds. The zero-order chi connectivity index (χ0) is 18.6. The van der Waals surface area contributed by atoms with E-state index < -0.39 is 10.0 Å². The van der Waals surface area contributed by atoms with Crippen LogP contribution in [0.5, 0.6) is 5.75 Å². The van der Waals surface area contributed by atoms with Crippen molar-refractivity contribution in [2.75, 3.05) is 18.6 Å². The third-order valence-corrected chi connectivity index (χ3v) is 6.77. The third kappa shape index (κ3) is 4.38. The minimum atomic E-state index is -3.63. The fraction of sp³-hybridized carbons (Fsp3) is 0.632. The van der Waals surface area contributed by atoms with Gasteiger partial charge in [-0.2, -0.15) is 0 Å². The van der Waals surface area contributed by atoms with Crippen LogP contribution in [-0.4, -0.2) is 34.0 Å². The van der Waals surface area contributed by atoms with Crippen LogP contribution in [-0.2, 0) is 14.8 Å². The van der Waals surface area contributed by atoms with E-state index in [-0.39, 0.29) is 16.8 Å². The number of carbonyl (C=O) groups is 1. The number of rotatable bonds is 5. The molecule has 0 unspecified atom stereocenters. The summed E-state index contributed by atoms with van der Waals surface area (Å²) in [6.45, 7) is 0.592. The van der Waals surface area contributed by atoms with Crippen LogP contribution in [0.4, 0.5) is 5.69 Å². The average Bonchev–Trinajstić information content (AvgIpc) is 3.02. The van der Waals surface area contributed by atoms with Gasteiger partial charge in [-0.1, -0.05) is 32.1 Å². The van der Waals surface area contributed by atoms with Gasteiger partial charge in [0, 0.05) is 19.0 Å². The number of anilines is 1. The summed E-state index contributed by atoms with van der Waals surface area (Å²) in [6, 6.07) is 4.73. The lowest BCUT2D eigenvalue weighted by molar-refractivity contribution is -0.117. The van der Waals surface area contributed by atoms with Crippen molar-refractivity contribution in [1.29, 1.82) is 0 Å². The van der Waals surface area contributed by atoms with Crippen LogP contribution in [0.25, 0.3) is 0 Å². The van der Waals surface area contributed by atoms with Crippen molar-refractivity contribution in [1.82, 2.24) is 4.72 Å². The lowest BCUT2D eigenvalue weighted by Gasteiger charge is -2.22. The van der Waals surface area contributed by atoms with Gasteiger partial charge in [-0.05, 0) is 37.5 Å². The molecule has 1 aliphatic heterocycles. The molecule has 1 saturated carbocycles. The van der Waals surface area contributed by atoms with Gasteiger partial charge in [-0.15, -0.1) is 0 Å². The lowest BCUT2D eigenvalue weighted by Crippen LogP contribution is -2.35. The van der Waals surface area contributed by atoms with Crippen molar-refractivity contribution >= 4 is 21.6 Å². The van der Waals surface area contributed by atoms with Gasteiger partial charge >= 0.3 is 0 Å². The van der Waals surface area contributed by atoms with E-state index in [1.54, 1.807) is 23.1 Å². The Morgan fingerprint density at radius 1 is 1.08 bits per heavy atom. The summed E-state index contributed by atoms with van der Waals surface area (Å²) >= 11 is 0. The first-order valence-electron chi connectivity index (χ1n) is 9.52. The van der Waals surface area contributed by atoms with Crippen LogP contribution in [0.3, 0.4) is 0 Å². The van der Waals surface area contributed by atoms with Gasteiger partial charge in [-0.25, -0.2) is 13.1 Å². The van der Waals surface area contributed by atoms with Crippen molar-refractivity contribution in [2.24, 2.45) is 0 Å². The fourth-order valence-electron chi connectivity index (χ4n) is 3.81. The van der Waals surface area contributed by atoms with Gasteiger partial charge in [0.05, 0.1) is 17.7 Å². The summed E-state index contributed by atoms with van der Waals surface area (Å²) in [4.78, 5) is 13.9. The van der Waals surface area contributed by atoms with Crippen molar-refractivity contribution in [3.63, 3.8) is 0 Å². The molecule has 6 nitrogen and oxygen atoms in total. The molecule has 3 rings (SSSR count). The van der Waals surface area contributed by atoms with E-state index in [1.807, 2.05) is 0 Å². The number of methoxy groups -OCH3 is 1. The Hall–Kier alpha value is -1.60. The topological polar surface area (TPSA) is 75.7 Å². The SMILES string of the molecule is COc1ccc(S(=O)(=O)NC2CCCCCCC2)cc1N1CCCC1=O. The minimum Gasteiger partial charge on any atom is -0.495 e. The first-order valence-corrected chi connectivity index (χ1v) is 11.0. The molecule has 0 radical (unpaired) electrons. The van der Waals surface area contributed by atoms with E-state index in [0.717, 1.165) is 32.1 Å². The van der Waals surface area contributed by atoms with Crippen LogP contribution >= 0.6 is 0 Å². The molecule has 1 aromatic rings. The highest BCUT2D eigenvalue weighted by molar-refractivity contribution is 7.89. The molecular formula is C19H28N2O4S. The van der Waals surface area contributed by atoms with Crippen molar-refractivity contribution < 1.29 is 17.9 Å². The molecule has 1 aliphatic carbocycles. The van der Waals surface area contributed by atoms with Gasteiger partial charge in [0.1, 0.15) is 5.75 Å². The molecule has 1 heterocycles. The molecule has 1 saturated heterocycles. The Morgan fingerprint density at radius 2 is 1.77 bits per heavy atom. The minimum absolute atomic E-state index is 0.00539. The van der Waals surface area contributed by atoms with Crippen molar-refractivity contribution in [3.05, 3.63) is 18.2 Å². The monoisotopic (exact) mass is 380 g/mol. The Labute approximate surface area is 156 Å². The van der Waals surface area contributed by atoms with Gasteiger partial charge < -0.3 is 9.64 Å². The highest BCUT2D eigenvalue weighted by atomic mass is 32.2. The molecule has 0 spiro atoms. The highest BCUT2D eigenvalue weighted by Crippen LogP contribution is 2.34. The summed E-state index contributed by atoms with van der Waals surface area (Å²) in [5.41, 5.74) is 0.538. The van der Waals surface area contributed by atoms with E-state index in [9.17, 15) is 13.2 Å². The molecule has 26 heavy (non-hydrogen) atoms. The maximum Gasteiger partial charge on any atom is 0.240 e. The number of nitrogens with one attached hydrogen (secondary N) is 1. The highest BCUT2D eigenvalue weighted by Gasteiger charge is 2.27. The number of ether oxygens (including phenoxy) is 1. The Bertz CT molecular complexity index is 740. The normalized spacial score (nSPS) is 20.0. The summed E-state index contributed by atoms with van der Waals surface area (Å²) in [5, 5.41) is 0. The first kappa shape index (κ1) is 19.2. The molecule has 144 valence electrons. The van der Waals surface area contributed by atoms with E-state index in [1.165, 1.54) is 26.4 Å². The summed E-state index contributed by atoms with van der Waals surface area (Å²) in [7, 11) is -2.10. The molecule has 0 bridgehead atoms. The predicted octanol–water partition coefficient (Wildman–Crippen LogP) is 3.21. The van der Waals surface area contributed by atoms with Gasteiger partial charge in [-0.3, -0.25) is 4.79 Å². The largest absolute Gasteiger partial charge is 0.495 e. The molecule has 0 atom stereocenters. The molecule has 7 heteroatoms. The third-order valence-electron chi connectivity index (χ3n) is 5.25. The predicted molar refractivity (Wildman–Crippen MR) is 101 cm³/mol. The molecule has 1 N–H and O–H groups in total. The van der Waals surface area contributed by atoms with Gasteiger partial charge in [0.25, 0.3) is 0 Å². The molecule has 0 aromatic heterocycles. The number of sulfonamides is 1. The van der Waals surface area contributed by atoms with E-state index in [0.29, 0.717) is 24.4 Å². The Kier molecular flexibility index (Phi) is 6.19. The molecule has 2 aliphatic rings. The molecular weight excluding hydrogens is 352 g/mol. The second kappa shape index (κ2) is 8.39. The molecule has 2 fully saturated rings. The number of hydrogen-bond donors (Lipinski definition) is 1. The van der Waals surface area contributed by atoms with Crippen LogP contribution in [0.15, 0.2) is 23.1 Å². The lowest BCUT2D eigenvalue weighted by atomic mass is 9.97. The Morgan fingerprint density at radius 3 is 2.38 bits per heavy atom. The van der Waals surface area contributed by atoms with Crippen LogP contribution in [0, 0.1) is 0 Å². The zero-order valence-corrected chi connectivity index (χ0v) is 16.2. The van der Waals surface area contributed by atoms with Gasteiger partial charge in [0.15, 0.2) is 0 Å². The summed E-state index contributed by atoms with van der Waals surface area (Å²) < 4.78 is 34.0. The number of amides is 1. The number of carbonyl (C=O) groups excluding carboxylic acids is 1.